The summed E-state index contributed by atoms with van der Waals surface area (Å²) in [5.74, 6) is 0.424. The van der Waals surface area contributed by atoms with E-state index < -0.39 is 5.97 Å². The lowest BCUT2D eigenvalue weighted by Crippen LogP contribution is -2.34. The number of hydrogen-bond donors (Lipinski definition) is 1. The third-order valence-corrected chi connectivity index (χ3v) is 7.23. The highest BCUT2D eigenvalue weighted by Crippen LogP contribution is 2.50. The van der Waals surface area contributed by atoms with Crippen molar-refractivity contribution < 1.29 is 24.1 Å². The van der Waals surface area contributed by atoms with Crippen molar-refractivity contribution in [2.75, 3.05) is 13.9 Å². The summed E-state index contributed by atoms with van der Waals surface area (Å²) in [6, 6.07) is 20.2. The first kappa shape index (κ1) is 26.5. The molecular weight excluding hydrogens is 464 g/mol. The van der Waals surface area contributed by atoms with Gasteiger partial charge < -0.3 is 19.3 Å². The van der Waals surface area contributed by atoms with Crippen LogP contribution in [0.3, 0.4) is 0 Å². The summed E-state index contributed by atoms with van der Waals surface area (Å²) in [5.41, 5.74) is 6.22. The molecule has 3 aromatic carbocycles. The van der Waals surface area contributed by atoms with Crippen LogP contribution in [0, 0.1) is 0 Å². The number of carbonyl (C=O) groups is 1. The van der Waals surface area contributed by atoms with Gasteiger partial charge in [-0.25, -0.2) is 4.79 Å². The van der Waals surface area contributed by atoms with Crippen LogP contribution >= 0.6 is 0 Å². The van der Waals surface area contributed by atoms with Gasteiger partial charge in [-0.3, -0.25) is 0 Å². The zero-order chi connectivity index (χ0) is 26.6. The van der Waals surface area contributed by atoms with E-state index in [2.05, 4.69) is 52.0 Å². The number of rotatable bonds is 9. The third-order valence-electron chi connectivity index (χ3n) is 7.23. The van der Waals surface area contributed by atoms with E-state index in [1.165, 1.54) is 11.1 Å². The fourth-order valence-corrected chi connectivity index (χ4v) is 4.94. The number of benzene rings is 3. The van der Waals surface area contributed by atoms with Crippen molar-refractivity contribution in [3.63, 3.8) is 0 Å². The Hall–Kier alpha value is -3.57. The highest BCUT2D eigenvalue weighted by Gasteiger charge is 2.38. The number of aliphatic carboxylic acids is 1. The predicted molar refractivity (Wildman–Crippen MR) is 147 cm³/mol. The molecule has 0 spiro atoms. The Labute approximate surface area is 219 Å². The molecule has 0 atom stereocenters. The third kappa shape index (κ3) is 6.05. The molecule has 1 N–H and O–H groups in total. The van der Waals surface area contributed by atoms with E-state index in [9.17, 15) is 4.79 Å². The van der Waals surface area contributed by atoms with Gasteiger partial charge in [0, 0.05) is 24.3 Å². The van der Waals surface area contributed by atoms with Gasteiger partial charge in [0.25, 0.3) is 0 Å². The van der Waals surface area contributed by atoms with Gasteiger partial charge in [-0.2, -0.15) is 0 Å². The Bertz CT molecular complexity index is 1290. The smallest absolute Gasteiger partial charge is 0.328 e. The van der Waals surface area contributed by atoms with E-state index in [1.807, 2.05) is 36.4 Å². The first-order chi connectivity index (χ1) is 17.6. The van der Waals surface area contributed by atoms with Crippen LogP contribution in [0.4, 0.5) is 0 Å². The Kier molecular flexibility index (Phi) is 7.74. The van der Waals surface area contributed by atoms with Crippen LogP contribution in [0.25, 0.3) is 17.2 Å². The number of hydrogen-bond acceptors (Lipinski definition) is 4. The fraction of sp³-hybridized carbons (Fsp3) is 0.344. The van der Waals surface area contributed by atoms with E-state index in [0.29, 0.717) is 12.4 Å². The molecule has 0 fully saturated rings. The molecule has 194 valence electrons. The Morgan fingerprint density at radius 3 is 2.16 bits per heavy atom. The van der Waals surface area contributed by atoms with Gasteiger partial charge in [-0.05, 0) is 76.3 Å². The molecule has 1 aliphatic carbocycles. The molecule has 0 aliphatic heterocycles. The van der Waals surface area contributed by atoms with Crippen molar-refractivity contribution in [2.45, 2.75) is 58.0 Å². The maximum atomic E-state index is 11.2. The predicted octanol–water partition coefficient (Wildman–Crippen LogP) is 7.36. The van der Waals surface area contributed by atoms with Crippen molar-refractivity contribution in [3.05, 3.63) is 89.0 Å². The number of carboxylic acids is 1. The summed E-state index contributed by atoms with van der Waals surface area (Å²) in [6.07, 6.45) is 4.91. The summed E-state index contributed by atoms with van der Waals surface area (Å²) < 4.78 is 17.6. The molecule has 1 aliphatic rings. The Morgan fingerprint density at radius 2 is 1.51 bits per heavy atom. The zero-order valence-corrected chi connectivity index (χ0v) is 22.3. The average molecular weight is 501 g/mol. The SMILES string of the molecule is COCOc1ccc(C=CC(=O)O)cc1-c1cc2c(cc1OCc1ccccc1)C(C)(C)CCC2(C)C. The molecule has 0 saturated heterocycles. The maximum absolute atomic E-state index is 11.2. The fourth-order valence-electron chi connectivity index (χ4n) is 4.94. The highest BCUT2D eigenvalue weighted by atomic mass is 16.7. The standard InChI is InChI=1S/C32H36O5/c1-31(2)15-16-32(3,4)27-19-29(36-20-23-9-7-6-8-10-23)25(18-26(27)31)24-17-22(12-14-30(33)34)11-13-28(24)37-21-35-5/h6-14,17-19H,15-16,20-21H2,1-5H3,(H,33,34). The van der Waals surface area contributed by atoms with Crippen LogP contribution < -0.4 is 9.47 Å². The highest BCUT2D eigenvalue weighted by molar-refractivity contribution is 5.86. The van der Waals surface area contributed by atoms with E-state index in [1.54, 1.807) is 13.2 Å². The lowest BCUT2D eigenvalue weighted by atomic mass is 9.62. The minimum absolute atomic E-state index is 0.00589. The monoisotopic (exact) mass is 500 g/mol. The van der Waals surface area contributed by atoms with Gasteiger partial charge in [0.2, 0.25) is 0 Å². The summed E-state index contributed by atoms with van der Waals surface area (Å²) in [5, 5.41) is 9.15. The van der Waals surface area contributed by atoms with Crippen molar-refractivity contribution in [3.8, 4) is 22.6 Å². The molecule has 0 amide bonds. The van der Waals surface area contributed by atoms with Crippen LogP contribution in [0.15, 0.2) is 66.7 Å². The average Bonchev–Trinajstić information content (AvgIpc) is 2.88. The van der Waals surface area contributed by atoms with Crippen molar-refractivity contribution in [2.24, 2.45) is 0 Å². The lowest BCUT2D eigenvalue weighted by molar-refractivity contribution is -0.131. The van der Waals surface area contributed by atoms with E-state index in [-0.39, 0.29) is 17.6 Å². The summed E-state index contributed by atoms with van der Waals surface area (Å²) in [7, 11) is 1.58. The number of ether oxygens (including phenoxy) is 3. The first-order valence-electron chi connectivity index (χ1n) is 12.6. The zero-order valence-electron chi connectivity index (χ0n) is 22.3. The quantitative estimate of drug-likeness (QED) is 0.246. The minimum atomic E-state index is -0.995. The molecule has 4 rings (SSSR count). The minimum Gasteiger partial charge on any atom is -0.488 e. The first-order valence-corrected chi connectivity index (χ1v) is 12.6. The van der Waals surface area contributed by atoms with Crippen molar-refractivity contribution in [1.29, 1.82) is 0 Å². The van der Waals surface area contributed by atoms with E-state index in [0.717, 1.165) is 46.9 Å². The molecule has 0 unspecified atom stereocenters. The maximum Gasteiger partial charge on any atom is 0.328 e. The molecule has 0 radical (unpaired) electrons. The summed E-state index contributed by atoms with van der Waals surface area (Å²) in [4.78, 5) is 11.2. The van der Waals surface area contributed by atoms with E-state index >= 15 is 0 Å². The molecule has 0 bridgehead atoms. The summed E-state index contributed by atoms with van der Waals surface area (Å²) in [6.45, 7) is 9.72. The lowest BCUT2D eigenvalue weighted by Gasteiger charge is -2.42. The van der Waals surface area contributed by atoms with Gasteiger partial charge in [0.1, 0.15) is 18.1 Å². The largest absolute Gasteiger partial charge is 0.488 e. The molecule has 0 aromatic heterocycles. The molecular formula is C32H36O5. The van der Waals surface area contributed by atoms with Crippen LogP contribution in [0.5, 0.6) is 11.5 Å². The van der Waals surface area contributed by atoms with Gasteiger partial charge in [0.15, 0.2) is 6.79 Å². The second kappa shape index (κ2) is 10.8. The molecule has 5 nitrogen and oxygen atoms in total. The molecule has 5 heteroatoms. The topological polar surface area (TPSA) is 65.0 Å². The van der Waals surface area contributed by atoms with Crippen molar-refractivity contribution in [1.82, 2.24) is 0 Å². The Morgan fingerprint density at radius 1 is 0.865 bits per heavy atom. The second-order valence-corrected chi connectivity index (χ2v) is 10.9. The van der Waals surface area contributed by atoms with Crippen LogP contribution in [-0.2, 0) is 27.0 Å². The van der Waals surface area contributed by atoms with Crippen LogP contribution in [0.1, 0.15) is 62.8 Å². The molecule has 0 heterocycles. The molecule has 3 aromatic rings. The van der Waals surface area contributed by atoms with E-state index in [4.69, 9.17) is 19.3 Å². The summed E-state index contributed by atoms with van der Waals surface area (Å²) >= 11 is 0. The number of fused-ring (bicyclic) bond motifs is 1. The van der Waals surface area contributed by atoms with Crippen LogP contribution in [-0.4, -0.2) is 25.0 Å². The van der Waals surface area contributed by atoms with Gasteiger partial charge in [-0.1, -0.05) is 64.1 Å². The Balaban J connectivity index is 1.91. The normalized spacial score (nSPS) is 15.8. The molecule has 0 saturated carbocycles. The van der Waals surface area contributed by atoms with Gasteiger partial charge >= 0.3 is 5.97 Å². The second-order valence-electron chi connectivity index (χ2n) is 10.9. The van der Waals surface area contributed by atoms with Gasteiger partial charge in [0.05, 0.1) is 0 Å². The number of methoxy groups -OCH3 is 1. The number of carboxylic acid groups (broad SMARTS) is 1. The van der Waals surface area contributed by atoms with Crippen LogP contribution in [0.2, 0.25) is 0 Å². The van der Waals surface area contributed by atoms with Crippen molar-refractivity contribution >= 4 is 12.0 Å². The van der Waals surface area contributed by atoms with Gasteiger partial charge in [-0.15, -0.1) is 0 Å². The molecule has 37 heavy (non-hydrogen) atoms.